The summed E-state index contributed by atoms with van der Waals surface area (Å²) in [6.07, 6.45) is 0.804. The van der Waals surface area contributed by atoms with Gasteiger partial charge in [-0.15, -0.1) is 0 Å². The van der Waals surface area contributed by atoms with Crippen molar-refractivity contribution in [3.8, 4) is 0 Å². The van der Waals surface area contributed by atoms with Crippen LogP contribution in [0.25, 0.3) is 0 Å². The maximum Gasteiger partial charge on any atom is 0.144 e. The van der Waals surface area contributed by atoms with Crippen molar-refractivity contribution >= 4 is 5.82 Å². The van der Waals surface area contributed by atoms with Crippen LogP contribution >= 0.6 is 0 Å². The number of likely N-dealkylation sites (tertiary alicyclic amines) is 1. The molecule has 1 aliphatic heterocycles. The lowest BCUT2D eigenvalue weighted by molar-refractivity contribution is 0.0249. The van der Waals surface area contributed by atoms with Crippen LogP contribution < -0.4 is 5.32 Å². The summed E-state index contributed by atoms with van der Waals surface area (Å²) >= 11 is 0. The van der Waals surface area contributed by atoms with Crippen molar-refractivity contribution < 1.29 is 5.11 Å². The number of rotatable bonds is 3. The van der Waals surface area contributed by atoms with Crippen LogP contribution in [0.15, 0.2) is 6.07 Å². The molecule has 1 saturated heterocycles. The molecule has 1 aromatic rings. The van der Waals surface area contributed by atoms with Gasteiger partial charge >= 0.3 is 0 Å². The maximum absolute atomic E-state index is 9.89. The first-order valence-corrected chi connectivity index (χ1v) is 6.51. The fourth-order valence-electron chi connectivity index (χ4n) is 2.29. The second-order valence-corrected chi connectivity index (χ2v) is 5.13. The van der Waals surface area contributed by atoms with Crippen LogP contribution in [0.1, 0.15) is 24.9 Å². The SMILES string of the molecule is CNc1cc(C)nc(CN2CCC(C)C(O)C2)n1. The number of aromatic nitrogens is 2. The number of aliphatic hydroxyl groups excluding tert-OH is 1. The Kier molecular flexibility index (Phi) is 4.14. The Balaban J connectivity index is 2.03. The van der Waals surface area contributed by atoms with Gasteiger partial charge in [0, 0.05) is 25.4 Å². The number of piperidine rings is 1. The lowest BCUT2D eigenvalue weighted by Crippen LogP contribution is -2.42. The van der Waals surface area contributed by atoms with Gasteiger partial charge in [0.15, 0.2) is 0 Å². The van der Waals surface area contributed by atoms with E-state index in [1.807, 2.05) is 20.0 Å². The smallest absolute Gasteiger partial charge is 0.144 e. The first kappa shape index (κ1) is 13.2. The zero-order valence-corrected chi connectivity index (χ0v) is 11.3. The van der Waals surface area contributed by atoms with E-state index in [2.05, 4.69) is 27.1 Å². The Morgan fingerprint density at radius 1 is 1.50 bits per heavy atom. The molecule has 0 radical (unpaired) electrons. The minimum atomic E-state index is -0.229. The summed E-state index contributed by atoms with van der Waals surface area (Å²) in [5.74, 6) is 2.07. The predicted octanol–water partition coefficient (Wildman–Crippen LogP) is 1.03. The highest BCUT2D eigenvalue weighted by molar-refractivity contribution is 5.34. The third kappa shape index (κ3) is 3.17. The molecule has 18 heavy (non-hydrogen) atoms. The van der Waals surface area contributed by atoms with E-state index in [4.69, 9.17) is 0 Å². The Morgan fingerprint density at radius 3 is 2.94 bits per heavy atom. The molecule has 0 bridgehead atoms. The zero-order chi connectivity index (χ0) is 13.1. The molecule has 0 aromatic carbocycles. The van der Waals surface area contributed by atoms with Crippen LogP contribution in [0.4, 0.5) is 5.82 Å². The molecular weight excluding hydrogens is 228 g/mol. The normalized spacial score (nSPS) is 25.1. The predicted molar refractivity (Wildman–Crippen MR) is 71.4 cm³/mol. The molecule has 0 aliphatic carbocycles. The summed E-state index contributed by atoms with van der Waals surface area (Å²) in [4.78, 5) is 11.1. The monoisotopic (exact) mass is 250 g/mol. The van der Waals surface area contributed by atoms with Crippen molar-refractivity contribution in [2.45, 2.75) is 32.9 Å². The average Bonchev–Trinajstić information content (AvgIpc) is 2.33. The molecule has 2 atom stereocenters. The molecular formula is C13H22N4O. The molecule has 0 saturated carbocycles. The topological polar surface area (TPSA) is 61.3 Å². The molecule has 2 N–H and O–H groups in total. The largest absolute Gasteiger partial charge is 0.392 e. The second kappa shape index (κ2) is 5.63. The number of aryl methyl sites for hydroxylation is 1. The molecule has 2 heterocycles. The van der Waals surface area contributed by atoms with E-state index in [9.17, 15) is 5.11 Å². The molecule has 1 fully saturated rings. The summed E-state index contributed by atoms with van der Waals surface area (Å²) in [5.41, 5.74) is 0.968. The number of hydrogen-bond acceptors (Lipinski definition) is 5. The van der Waals surface area contributed by atoms with Gasteiger partial charge in [0.05, 0.1) is 12.6 Å². The van der Waals surface area contributed by atoms with Crippen LogP contribution in [0.2, 0.25) is 0 Å². The molecule has 0 spiro atoms. The Bertz CT molecular complexity index is 410. The van der Waals surface area contributed by atoms with E-state index >= 15 is 0 Å². The van der Waals surface area contributed by atoms with Gasteiger partial charge in [-0.25, -0.2) is 9.97 Å². The summed E-state index contributed by atoms with van der Waals surface area (Å²) in [6.45, 7) is 6.50. The standard InChI is InChI=1S/C13H22N4O/c1-9-4-5-17(7-11(9)18)8-13-15-10(2)6-12(14-3)16-13/h6,9,11,18H,4-5,7-8H2,1-3H3,(H,14,15,16). The molecule has 0 amide bonds. The van der Waals surface area contributed by atoms with Gasteiger partial charge in [0.2, 0.25) is 0 Å². The first-order chi connectivity index (χ1) is 8.58. The Hall–Kier alpha value is -1.20. The lowest BCUT2D eigenvalue weighted by Gasteiger charge is -2.33. The van der Waals surface area contributed by atoms with Crippen molar-refractivity contribution in [1.82, 2.24) is 14.9 Å². The van der Waals surface area contributed by atoms with E-state index in [1.165, 1.54) is 0 Å². The van der Waals surface area contributed by atoms with E-state index in [1.54, 1.807) is 0 Å². The highest BCUT2D eigenvalue weighted by atomic mass is 16.3. The van der Waals surface area contributed by atoms with E-state index in [0.717, 1.165) is 30.3 Å². The quantitative estimate of drug-likeness (QED) is 0.839. The Labute approximate surface area is 108 Å². The Morgan fingerprint density at radius 2 is 2.28 bits per heavy atom. The van der Waals surface area contributed by atoms with Gasteiger partial charge in [0.1, 0.15) is 11.6 Å². The summed E-state index contributed by atoms with van der Waals surface area (Å²) < 4.78 is 0. The van der Waals surface area contributed by atoms with Crippen molar-refractivity contribution in [3.05, 3.63) is 17.6 Å². The summed E-state index contributed by atoms with van der Waals surface area (Å²) in [6, 6.07) is 1.93. The average molecular weight is 250 g/mol. The molecule has 1 aromatic heterocycles. The van der Waals surface area contributed by atoms with Crippen LogP contribution in [-0.4, -0.2) is 46.2 Å². The summed E-state index contributed by atoms with van der Waals surface area (Å²) in [7, 11) is 1.86. The van der Waals surface area contributed by atoms with E-state index in [0.29, 0.717) is 19.0 Å². The molecule has 1 aliphatic rings. The van der Waals surface area contributed by atoms with Crippen LogP contribution in [0.5, 0.6) is 0 Å². The highest BCUT2D eigenvalue weighted by Crippen LogP contribution is 2.18. The fourth-order valence-corrected chi connectivity index (χ4v) is 2.29. The lowest BCUT2D eigenvalue weighted by atomic mass is 9.96. The molecule has 5 nitrogen and oxygen atoms in total. The first-order valence-electron chi connectivity index (χ1n) is 6.51. The third-order valence-corrected chi connectivity index (χ3v) is 3.52. The van der Waals surface area contributed by atoms with Crippen molar-refractivity contribution in [2.75, 3.05) is 25.5 Å². The van der Waals surface area contributed by atoms with Crippen molar-refractivity contribution in [1.29, 1.82) is 0 Å². The molecule has 2 unspecified atom stereocenters. The number of hydrogen-bond donors (Lipinski definition) is 2. The fraction of sp³-hybridized carbons (Fsp3) is 0.692. The van der Waals surface area contributed by atoms with Crippen LogP contribution in [0.3, 0.4) is 0 Å². The third-order valence-electron chi connectivity index (χ3n) is 3.52. The van der Waals surface area contributed by atoms with Crippen molar-refractivity contribution in [3.63, 3.8) is 0 Å². The molecule has 5 heteroatoms. The molecule has 2 rings (SSSR count). The minimum absolute atomic E-state index is 0.229. The van der Waals surface area contributed by atoms with Crippen LogP contribution in [-0.2, 0) is 6.54 Å². The number of nitrogens with one attached hydrogen (secondary N) is 1. The zero-order valence-electron chi connectivity index (χ0n) is 11.3. The van der Waals surface area contributed by atoms with Gasteiger partial charge in [-0.3, -0.25) is 4.90 Å². The van der Waals surface area contributed by atoms with E-state index < -0.39 is 0 Å². The van der Waals surface area contributed by atoms with Gasteiger partial charge in [0.25, 0.3) is 0 Å². The number of nitrogens with zero attached hydrogens (tertiary/aromatic N) is 3. The number of anilines is 1. The van der Waals surface area contributed by atoms with Gasteiger partial charge in [-0.05, 0) is 25.8 Å². The number of aliphatic hydroxyl groups is 1. The van der Waals surface area contributed by atoms with E-state index in [-0.39, 0.29) is 6.10 Å². The summed E-state index contributed by atoms with van der Waals surface area (Å²) in [5, 5.41) is 12.9. The highest BCUT2D eigenvalue weighted by Gasteiger charge is 2.24. The molecule has 100 valence electrons. The number of β-amino-alcohol motifs (C(OH)–C–C–N with tert-alkyl or cyclic N) is 1. The van der Waals surface area contributed by atoms with Gasteiger partial charge < -0.3 is 10.4 Å². The van der Waals surface area contributed by atoms with Crippen LogP contribution in [0, 0.1) is 12.8 Å². The van der Waals surface area contributed by atoms with Gasteiger partial charge in [-0.2, -0.15) is 0 Å². The van der Waals surface area contributed by atoms with Crippen molar-refractivity contribution in [2.24, 2.45) is 5.92 Å². The second-order valence-electron chi connectivity index (χ2n) is 5.13. The minimum Gasteiger partial charge on any atom is -0.392 e. The maximum atomic E-state index is 9.89. The van der Waals surface area contributed by atoms with Gasteiger partial charge in [-0.1, -0.05) is 6.92 Å².